The summed E-state index contributed by atoms with van der Waals surface area (Å²) >= 11 is 0. The van der Waals surface area contributed by atoms with Crippen LogP contribution in [0.4, 0.5) is 13.2 Å². The Kier molecular flexibility index (Phi) is 2.84. The largest absolute Gasteiger partial charge is 0.420 e. The quantitative estimate of drug-likeness (QED) is 0.740. The van der Waals surface area contributed by atoms with E-state index in [1.807, 2.05) is 0 Å². The number of ether oxygens (including phenoxy) is 1. The van der Waals surface area contributed by atoms with Crippen molar-refractivity contribution in [1.29, 1.82) is 0 Å². The van der Waals surface area contributed by atoms with Gasteiger partial charge in [0.1, 0.15) is 12.9 Å². The fourth-order valence-electron chi connectivity index (χ4n) is 1.08. The van der Waals surface area contributed by atoms with Crippen LogP contribution < -0.4 is 0 Å². The van der Waals surface area contributed by atoms with Crippen LogP contribution in [0.15, 0.2) is 6.20 Å². The zero-order valence-corrected chi connectivity index (χ0v) is 7.67. The number of aryl methyl sites for hydroxylation is 1. The predicted octanol–water partition coefficient (Wildman–Crippen LogP) is 2.02. The highest BCUT2D eigenvalue weighted by Crippen LogP contribution is 2.35. The second kappa shape index (κ2) is 3.61. The van der Waals surface area contributed by atoms with E-state index in [2.05, 4.69) is 16.8 Å². The maximum atomic E-state index is 12.3. The Bertz CT molecular complexity index is 319. The second-order valence-corrected chi connectivity index (χ2v) is 2.85. The molecule has 6 heteroatoms. The summed E-state index contributed by atoms with van der Waals surface area (Å²) in [6.07, 6.45) is -5.57. The monoisotopic (exact) mass is 206 g/mol. The highest BCUT2D eigenvalue weighted by atomic mass is 19.4. The lowest BCUT2D eigenvalue weighted by Gasteiger charge is -2.18. The van der Waals surface area contributed by atoms with Gasteiger partial charge in [0.15, 0.2) is 6.10 Å². The Hall–Kier alpha value is -1.04. The van der Waals surface area contributed by atoms with Gasteiger partial charge in [0.05, 0.1) is 11.9 Å². The maximum absolute atomic E-state index is 12.3. The van der Waals surface area contributed by atoms with Gasteiger partial charge in [-0.2, -0.15) is 13.2 Å². The topological polar surface area (TPSA) is 27.1 Å². The zero-order valence-electron chi connectivity index (χ0n) is 7.67. The summed E-state index contributed by atoms with van der Waals surface area (Å²) in [4.78, 5) is 3.73. The number of hydrogen-bond acceptors (Lipinski definition) is 2. The zero-order chi connectivity index (χ0) is 10.9. The standard InChI is InChI=1S/C8H9F3N2O/c1-5-12-4-6(13(5)2)7(14-3)8(9,10)11/h3-4,7H,1-2H3. The SMILES string of the molecule is [CH]OC(c1cnc(C)n1C)C(F)(F)F. The molecule has 2 radical (unpaired) electrons. The van der Waals surface area contributed by atoms with Gasteiger partial charge >= 0.3 is 6.18 Å². The molecule has 0 fully saturated rings. The average molecular weight is 206 g/mol. The van der Waals surface area contributed by atoms with E-state index in [1.54, 1.807) is 6.92 Å². The van der Waals surface area contributed by atoms with Gasteiger partial charge in [0.25, 0.3) is 0 Å². The summed E-state index contributed by atoms with van der Waals surface area (Å²) in [5.41, 5.74) is -0.113. The Balaban J connectivity index is 3.08. The van der Waals surface area contributed by atoms with E-state index in [0.29, 0.717) is 5.82 Å². The molecule has 1 heterocycles. The summed E-state index contributed by atoms with van der Waals surface area (Å²) in [6.45, 7) is 1.59. The number of rotatable bonds is 2. The van der Waals surface area contributed by atoms with Crippen LogP contribution in [-0.2, 0) is 11.8 Å². The molecule has 0 amide bonds. The van der Waals surface area contributed by atoms with Gasteiger partial charge < -0.3 is 9.30 Å². The second-order valence-electron chi connectivity index (χ2n) is 2.85. The fraction of sp³-hybridized carbons (Fsp3) is 0.500. The van der Waals surface area contributed by atoms with Crippen molar-refractivity contribution in [3.05, 3.63) is 24.8 Å². The molecule has 14 heavy (non-hydrogen) atoms. The van der Waals surface area contributed by atoms with Crippen LogP contribution in [0.25, 0.3) is 0 Å². The van der Waals surface area contributed by atoms with Crippen molar-refractivity contribution in [3.63, 3.8) is 0 Å². The number of alkyl halides is 3. The number of aromatic nitrogens is 2. The van der Waals surface area contributed by atoms with Crippen LogP contribution in [0.2, 0.25) is 0 Å². The summed E-state index contributed by atoms with van der Waals surface area (Å²) in [7, 11) is 6.08. The van der Waals surface area contributed by atoms with Gasteiger partial charge in [-0.15, -0.1) is 0 Å². The first-order valence-electron chi connectivity index (χ1n) is 3.78. The van der Waals surface area contributed by atoms with Gasteiger partial charge in [-0.1, -0.05) is 0 Å². The van der Waals surface area contributed by atoms with E-state index in [9.17, 15) is 13.2 Å². The van der Waals surface area contributed by atoms with Crippen LogP contribution in [-0.4, -0.2) is 15.7 Å². The van der Waals surface area contributed by atoms with Gasteiger partial charge in [0.2, 0.25) is 0 Å². The maximum Gasteiger partial charge on any atom is 0.420 e. The first-order valence-corrected chi connectivity index (χ1v) is 3.78. The molecule has 1 aromatic heterocycles. The molecule has 0 bridgehead atoms. The van der Waals surface area contributed by atoms with Crippen LogP contribution >= 0.6 is 0 Å². The Labute approximate surface area is 79.5 Å². The summed E-state index contributed by atoms with van der Waals surface area (Å²) < 4.78 is 42.2. The van der Waals surface area contributed by atoms with Crippen LogP contribution in [0.3, 0.4) is 0 Å². The minimum absolute atomic E-state index is 0.113. The molecule has 0 saturated heterocycles. The Morgan fingerprint density at radius 1 is 1.57 bits per heavy atom. The van der Waals surface area contributed by atoms with Crippen molar-refractivity contribution < 1.29 is 17.9 Å². The highest BCUT2D eigenvalue weighted by molar-refractivity contribution is 5.09. The van der Waals surface area contributed by atoms with E-state index >= 15 is 0 Å². The molecule has 0 N–H and O–H groups in total. The van der Waals surface area contributed by atoms with Crippen molar-refractivity contribution in [2.75, 3.05) is 0 Å². The third-order valence-electron chi connectivity index (χ3n) is 1.96. The molecule has 3 nitrogen and oxygen atoms in total. The minimum Gasteiger partial charge on any atom is -0.354 e. The molecule has 0 saturated carbocycles. The molecule has 1 atom stereocenters. The van der Waals surface area contributed by atoms with Crippen molar-refractivity contribution >= 4 is 0 Å². The minimum atomic E-state index is -4.53. The third kappa shape index (κ3) is 1.89. The summed E-state index contributed by atoms with van der Waals surface area (Å²) in [5.74, 6) is 0.464. The van der Waals surface area contributed by atoms with Crippen LogP contribution in [0.1, 0.15) is 17.6 Å². The van der Waals surface area contributed by atoms with E-state index < -0.39 is 12.3 Å². The molecule has 78 valence electrons. The van der Waals surface area contributed by atoms with Gasteiger partial charge in [-0.25, -0.2) is 4.98 Å². The third-order valence-corrected chi connectivity index (χ3v) is 1.96. The van der Waals surface area contributed by atoms with Gasteiger partial charge in [-0.3, -0.25) is 0 Å². The number of nitrogens with zero attached hydrogens (tertiary/aromatic N) is 2. The van der Waals surface area contributed by atoms with Crippen molar-refractivity contribution in [3.8, 4) is 0 Å². The molecular weight excluding hydrogens is 197 g/mol. The number of hydrogen-bond donors (Lipinski definition) is 0. The average Bonchev–Trinajstić information content (AvgIpc) is 2.35. The summed E-state index contributed by atoms with van der Waals surface area (Å²) in [5, 5.41) is 0. The molecule has 0 aromatic carbocycles. The lowest BCUT2D eigenvalue weighted by atomic mass is 10.2. The molecule has 0 spiro atoms. The van der Waals surface area contributed by atoms with Crippen molar-refractivity contribution in [2.45, 2.75) is 19.2 Å². The van der Waals surface area contributed by atoms with Gasteiger partial charge in [0, 0.05) is 7.05 Å². The van der Waals surface area contributed by atoms with E-state index in [-0.39, 0.29) is 5.69 Å². The predicted molar refractivity (Wildman–Crippen MR) is 42.1 cm³/mol. The highest BCUT2D eigenvalue weighted by Gasteiger charge is 2.43. The molecule has 0 aliphatic heterocycles. The smallest absolute Gasteiger partial charge is 0.354 e. The fourth-order valence-corrected chi connectivity index (χ4v) is 1.08. The van der Waals surface area contributed by atoms with Crippen molar-refractivity contribution in [1.82, 2.24) is 9.55 Å². The van der Waals surface area contributed by atoms with Crippen LogP contribution in [0.5, 0.6) is 0 Å². The lowest BCUT2D eigenvalue weighted by molar-refractivity contribution is -0.211. The Morgan fingerprint density at radius 2 is 2.14 bits per heavy atom. The van der Waals surface area contributed by atoms with Crippen molar-refractivity contribution in [2.24, 2.45) is 7.05 Å². The van der Waals surface area contributed by atoms with E-state index in [1.165, 1.54) is 11.6 Å². The summed E-state index contributed by atoms with van der Waals surface area (Å²) in [6, 6.07) is 0. The lowest BCUT2D eigenvalue weighted by Crippen LogP contribution is -2.24. The molecule has 1 rings (SSSR count). The molecule has 1 aromatic rings. The first kappa shape index (κ1) is 11.0. The number of halogens is 3. The van der Waals surface area contributed by atoms with Crippen LogP contribution in [0, 0.1) is 14.0 Å². The Morgan fingerprint density at radius 3 is 2.43 bits per heavy atom. The number of imidazole rings is 1. The van der Waals surface area contributed by atoms with E-state index in [4.69, 9.17) is 0 Å². The molecule has 0 aliphatic rings. The molecule has 1 unspecified atom stereocenters. The molecule has 0 aliphatic carbocycles. The normalized spacial score (nSPS) is 14.4. The molecular formula is C8H9F3N2O. The first-order chi connectivity index (χ1) is 6.38. The van der Waals surface area contributed by atoms with E-state index in [0.717, 1.165) is 6.20 Å². The van der Waals surface area contributed by atoms with Gasteiger partial charge in [-0.05, 0) is 6.92 Å².